The Morgan fingerprint density at radius 3 is 2.38 bits per heavy atom. The molecule has 0 bridgehead atoms. The molecule has 6 nitrogen and oxygen atoms in total. The lowest BCUT2D eigenvalue weighted by atomic mass is 9.81. The van der Waals surface area contributed by atoms with Crippen molar-refractivity contribution in [3.8, 4) is 0 Å². The molecule has 2 amide bonds. The third-order valence-electron chi connectivity index (χ3n) is 4.91. The van der Waals surface area contributed by atoms with Crippen LogP contribution in [-0.4, -0.2) is 62.7 Å². The molecule has 7 heteroatoms. The van der Waals surface area contributed by atoms with Crippen LogP contribution >= 0.6 is 12.4 Å². The predicted octanol–water partition coefficient (Wildman–Crippen LogP) is 1.33. The minimum absolute atomic E-state index is 0. The van der Waals surface area contributed by atoms with Crippen molar-refractivity contribution >= 4 is 24.2 Å². The van der Waals surface area contributed by atoms with Crippen molar-refractivity contribution in [1.82, 2.24) is 15.5 Å². The smallest absolute Gasteiger partial charge is 0.226 e. The quantitative estimate of drug-likeness (QED) is 0.640. The monoisotopic (exact) mass is 361 g/mol. The highest BCUT2D eigenvalue weighted by atomic mass is 35.5. The number of nitrogens with zero attached hydrogens (tertiary/aromatic N) is 1. The van der Waals surface area contributed by atoms with E-state index >= 15 is 0 Å². The van der Waals surface area contributed by atoms with Gasteiger partial charge in [0, 0.05) is 32.6 Å². The summed E-state index contributed by atoms with van der Waals surface area (Å²) in [6.07, 6.45) is 5.18. The normalized spacial score (nSPS) is 19.6. The van der Waals surface area contributed by atoms with Gasteiger partial charge in [-0.25, -0.2) is 0 Å². The Morgan fingerprint density at radius 2 is 1.75 bits per heavy atom. The molecule has 2 fully saturated rings. The van der Waals surface area contributed by atoms with Crippen molar-refractivity contribution in [3.05, 3.63) is 0 Å². The number of halogens is 1. The van der Waals surface area contributed by atoms with Crippen LogP contribution in [0.1, 0.15) is 45.4 Å². The molecular formula is C17H32ClN3O3. The molecule has 2 aliphatic rings. The van der Waals surface area contributed by atoms with Gasteiger partial charge in [-0.15, -0.1) is 12.4 Å². The van der Waals surface area contributed by atoms with Crippen molar-refractivity contribution in [2.24, 2.45) is 5.41 Å². The Balaban J connectivity index is 0.00000288. The van der Waals surface area contributed by atoms with Gasteiger partial charge >= 0.3 is 0 Å². The second-order valence-electron chi connectivity index (χ2n) is 6.66. The van der Waals surface area contributed by atoms with Crippen molar-refractivity contribution < 1.29 is 14.3 Å². The second kappa shape index (κ2) is 10.9. The molecule has 0 spiro atoms. The van der Waals surface area contributed by atoms with E-state index in [0.29, 0.717) is 39.3 Å². The van der Waals surface area contributed by atoms with Gasteiger partial charge in [0.15, 0.2) is 0 Å². The molecule has 0 aromatic rings. The summed E-state index contributed by atoms with van der Waals surface area (Å²) in [6.45, 7) is 7.02. The fourth-order valence-corrected chi connectivity index (χ4v) is 3.50. The van der Waals surface area contributed by atoms with Crippen LogP contribution in [-0.2, 0) is 14.3 Å². The fraction of sp³-hybridized carbons (Fsp3) is 0.882. The average Bonchev–Trinajstić information content (AvgIpc) is 3.05. The van der Waals surface area contributed by atoms with Gasteiger partial charge in [-0.05, 0) is 25.8 Å². The zero-order chi connectivity index (χ0) is 16.5. The third kappa shape index (κ3) is 5.90. The van der Waals surface area contributed by atoms with E-state index in [1.807, 2.05) is 4.90 Å². The highest BCUT2D eigenvalue weighted by Crippen LogP contribution is 2.41. The third-order valence-corrected chi connectivity index (χ3v) is 4.91. The molecule has 2 N–H and O–H groups in total. The fourth-order valence-electron chi connectivity index (χ4n) is 3.50. The van der Waals surface area contributed by atoms with Gasteiger partial charge in [-0.2, -0.15) is 0 Å². The van der Waals surface area contributed by atoms with Gasteiger partial charge < -0.3 is 20.3 Å². The van der Waals surface area contributed by atoms with Gasteiger partial charge in [0.05, 0.1) is 18.6 Å². The highest BCUT2D eigenvalue weighted by molar-refractivity contribution is 5.89. The predicted molar refractivity (Wildman–Crippen MR) is 96.3 cm³/mol. The molecule has 140 valence electrons. The van der Waals surface area contributed by atoms with Gasteiger partial charge in [0.25, 0.3) is 0 Å². The summed E-state index contributed by atoms with van der Waals surface area (Å²) in [5, 5.41) is 6.32. The topological polar surface area (TPSA) is 70.7 Å². The maximum Gasteiger partial charge on any atom is 0.226 e. The number of hydrogen-bond donors (Lipinski definition) is 2. The minimum Gasteiger partial charge on any atom is -0.378 e. The Labute approximate surface area is 151 Å². The van der Waals surface area contributed by atoms with E-state index in [4.69, 9.17) is 4.74 Å². The summed E-state index contributed by atoms with van der Waals surface area (Å²) in [6, 6.07) is 0. The van der Waals surface area contributed by atoms with Gasteiger partial charge in [-0.3, -0.25) is 9.59 Å². The largest absolute Gasteiger partial charge is 0.378 e. The first-order valence-electron chi connectivity index (χ1n) is 9.02. The zero-order valence-electron chi connectivity index (χ0n) is 14.8. The summed E-state index contributed by atoms with van der Waals surface area (Å²) in [7, 11) is 0. The minimum atomic E-state index is -0.486. The van der Waals surface area contributed by atoms with E-state index in [1.165, 1.54) is 0 Å². The molecule has 1 aliphatic carbocycles. The van der Waals surface area contributed by atoms with E-state index in [-0.39, 0.29) is 24.2 Å². The van der Waals surface area contributed by atoms with Crippen molar-refractivity contribution in [1.29, 1.82) is 0 Å². The van der Waals surface area contributed by atoms with Crippen molar-refractivity contribution in [3.63, 3.8) is 0 Å². The molecule has 24 heavy (non-hydrogen) atoms. The SMILES string of the molecule is CCCNCCNC(=O)C1(CC(=O)N2CCOCC2)CCCC1.Cl. The van der Waals surface area contributed by atoms with Crippen molar-refractivity contribution in [2.75, 3.05) is 45.9 Å². The van der Waals surface area contributed by atoms with Crippen LogP contribution in [0.4, 0.5) is 0 Å². The Hall–Kier alpha value is -0.850. The number of ether oxygens (including phenoxy) is 1. The molecule has 0 atom stereocenters. The van der Waals surface area contributed by atoms with Crippen LogP contribution < -0.4 is 10.6 Å². The summed E-state index contributed by atoms with van der Waals surface area (Å²) in [4.78, 5) is 27.1. The van der Waals surface area contributed by atoms with Crippen LogP contribution in [0.3, 0.4) is 0 Å². The molecule has 0 aromatic heterocycles. The molecule has 0 radical (unpaired) electrons. The molecule has 1 heterocycles. The van der Waals surface area contributed by atoms with Gasteiger partial charge in [0.1, 0.15) is 0 Å². The van der Waals surface area contributed by atoms with Crippen LogP contribution in [0.5, 0.6) is 0 Å². The van der Waals surface area contributed by atoms with Crippen LogP contribution in [0.2, 0.25) is 0 Å². The second-order valence-corrected chi connectivity index (χ2v) is 6.66. The molecule has 1 saturated heterocycles. The highest BCUT2D eigenvalue weighted by Gasteiger charge is 2.43. The summed E-state index contributed by atoms with van der Waals surface area (Å²) < 4.78 is 5.30. The number of amides is 2. The standard InChI is InChI=1S/C17H31N3O3.ClH/c1-2-7-18-8-9-19-16(22)17(5-3-4-6-17)14-15(21)20-10-12-23-13-11-20;/h18H,2-14H2,1H3,(H,19,22);1H. The maximum atomic E-state index is 12.7. The van der Waals surface area contributed by atoms with Crippen LogP contribution in [0.15, 0.2) is 0 Å². The number of carbonyl (C=O) groups excluding carboxylic acids is 2. The Kier molecular flexibility index (Phi) is 9.63. The van der Waals surface area contributed by atoms with E-state index in [1.54, 1.807) is 0 Å². The zero-order valence-corrected chi connectivity index (χ0v) is 15.6. The van der Waals surface area contributed by atoms with E-state index in [0.717, 1.165) is 45.2 Å². The number of rotatable bonds is 8. The number of carbonyl (C=O) groups is 2. The van der Waals surface area contributed by atoms with Crippen molar-refractivity contribution in [2.45, 2.75) is 45.4 Å². The first-order chi connectivity index (χ1) is 11.2. The van der Waals surface area contributed by atoms with Crippen LogP contribution in [0, 0.1) is 5.41 Å². The maximum absolute atomic E-state index is 12.7. The summed E-state index contributed by atoms with van der Waals surface area (Å²) in [5.74, 6) is 0.171. The average molecular weight is 362 g/mol. The van der Waals surface area contributed by atoms with E-state index in [2.05, 4.69) is 17.6 Å². The van der Waals surface area contributed by atoms with E-state index in [9.17, 15) is 9.59 Å². The van der Waals surface area contributed by atoms with Gasteiger partial charge in [-0.1, -0.05) is 19.8 Å². The molecule has 1 saturated carbocycles. The number of nitrogens with one attached hydrogen (secondary N) is 2. The summed E-state index contributed by atoms with van der Waals surface area (Å²) in [5.41, 5.74) is -0.486. The summed E-state index contributed by atoms with van der Waals surface area (Å²) >= 11 is 0. The number of morpholine rings is 1. The van der Waals surface area contributed by atoms with E-state index < -0.39 is 5.41 Å². The number of hydrogen-bond acceptors (Lipinski definition) is 4. The molecular weight excluding hydrogens is 330 g/mol. The lowest BCUT2D eigenvalue weighted by molar-refractivity contribution is -0.143. The molecule has 1 aliphatic heterocycles. The lowest BCUT2D eigenvalue weighted by Crippen LogP contribution is -2.47. The molecule has 0 unspecified atom stereocenters. The Bertz CT molecular complexity index is 395. The van der Waals surface area contributed by atoms with Gasteiger partial charge in [0.2, 0.25) is 11.8 Å². The lowest BCUT2D eigenvalue weighted by Gasteiger charge is -2.32. The molecule has 0 aromatic carbocycles. The molecule has 2 rings (SSSR count). The van der Waals surface area contributed by atoms with Crippen LogP contribution in [0.25, 0.3) is 0 Å². The first kappa shape index (κ1) is 21.2. The Morgan fingerprint density at radius 1 is 1.08 bits per heavy atom. The first-order valence-corrected chi connectivity index (χ1v) is 9.02.